The Bertz CT molecular complexity index is 618. The monoisotopic (exact) mass is 397 g/mol. The highest BCUT2D eigenvalue weighted by Crippen LogP contribution is 2.32. The van der Waals surface area contributed by atoms with Gasteiger partial charge in [-0.3, -0.25) is 0 Å². The first-order valence-electron chi connectivity index (χ1n) is 5.85. The fourth-order valence-electron chi connectivity index (χ4n) is 1.64. The van der Waals surface area contributed by atoms with Crippen LogP contribution in [0.25, 0.3) is 0 Å². The number of hydrogen-bond donors (Lipinski definition) is 3. The molecule has 0 fully saturated rings. The Morgan fingerprint density at radius 3 is 2.35 bits per heavy atom. The quantitative estimate of drug-likeness (QED) is 0.639. The van der Waals surface area contributed by atoms with Crippen molar-refractivity contribution < 1.29 is 4.79 Å². The third kappa shape index (κ3) is 3.74. The Morgan fingerprint density at radius 1 is 1.10 bits per heavy atom. The zero-order valence-corrected chi connectivity index (χ0v) is 13.9. The Labute approximate surface area is 134 Å². The summed E-state index contributed by atoms with van der Waals surface area (Å²) < 4.78 is 1.55. The molecule has 4 nitrogen and oxygen atoms in total. The highest BCUT2D eigenvalue weighted by atomic mass is 79.9. The summed E-state index contributed by atoms with van der Waals surface area (Å²) in [5.74, 6) is 0. The van der Waals surface area contributed by atoms with Crippen LogP contribution in [0.4, 0.5) is 21.9 Å². The SMILES string of the molecule is Cc1ccc(NC(=O)Nc2c(N)cc(Br)cc2Br)cc1. The number of nitrogens with one attached hydrogen (secondary N) is 2. The molecule has 0 aliphatic carbocycles. The summed E-state index contributed by atoms with van der Waals surface area (Å²) in [6.07, 6.45) is 0. The van der Waals surface area contributed by atoms with Crippen molar-refractivity contribution in [2.45, 2.75) is 6.92 Å². The second-order valence-corrected chi connectivity index (χ2v) is 6.07. The van der Waals surface area contributed by atoms with Crippen LogP contribution in [0.3, 0.4) is 0 Å². The molecule has 0 aromatic heterocycles. The first-order chi connectivity index (χ1) is 9.45. The van der Waals surface area contributed by atoms with Gasteiger partial charge < -0.3 is 16.4 Å². The number of hydrogen-bond acceptors (Lipinski definition) is 2. The number of anilines is 3. The van der Waals surface area contributed by atoms with Crippen molar-refractivity contribution in [2.24, 2.45) is 0 Å². The number of aryl methyl sites for hydroxylation is 1. The van der Waals surface area contributed by atoms with Gasteiger partial charge in [-0.1, -0.05) is 33.6 Å². The molecule has 2 amide bonds. The summed E-state index contributed by atoms with van der Waals surface area (Å²) >= 11 is 6.70. The topological polar surface area (TPSA) is 67.2 Å². The lowest BCUT2D eigenvalue weighted by molar-refractivity contribution is 0.262. The van der Waals surface area contributed by atoms with Gasteiger partial charge in [0.2, 0.25) is 0 Å². The van der Waals surface area contributed by atoms with Crippen LogP contribution in [0.1, 0.15) is 5.56 Å². The average Bonchev–Trinajstić information content (AvgIpc) is 2.36. The van der Waals surface area contributed by atoms with Gasteiger partial charge in [-0.15, -0.1) is 0 Å². The van der Waals surface area contributed by atoms with E-state index >= 15 is 0 Å². The lowest BCUT2D eigenvalue weighted by atomic mass is 10.2. The molecule has 0 bridgehead atoms. The molecule has 0 unspecified atom stereocenters. The number of carbonyl (C=O) groups is 1. The lowest BCUT2D eigenvalue weighted by Gasteiger charge is -2.12. The van der Waals surface area contributed by atoms with Gasteiger partial charge in [0.1, 0.15) is 0 Å². The van der Waals surface area contributed by atoms with Crippen molar-refractivity contribution in [1.82, 2.24) is 0 Å². The van der Waals surface area contributed by atoms with Crippen molar-refractivity contribution in [3.05, 3.63) is 50.9 Å². The number of benzene rings is 2. The Hall–Kier alpha value is -1.53. The highest BCUT2D eigenvalue weighted by molar-refractivity contribution is 9.11. The number of nitrogens with two attached hydrogens (primary N) is 1. The van der Waals surface area contributed by atoms with E-state index in [0.717, 1.165) is 15.7 Å². The van der Waals surface area contributed by atoms with Gasteiger partial charge in [-0.05, 0) is 47.1 Å². The van der Waals surface area contributed by atoms with Crippen LogP contribution in [0.15, 0.2) is 45.3 Å². The van der Waals surface area contributed by atoms with Crippen LogP contribution in [0.5, 0.6) is 0 Å². The van der Waals surface area contributed by atoms with Crippen LogP contribution >= 0.6 is 31.9 Å². The summed E-state index contributed by atoms with van der Waals surface area (Å²) in [4.78, 5) is 11.9. The van der Waals surface area contributed by atoms with Gasteiger partial charge >= 0.3 is 6.03 Å². The Morgan fingerprint density at radius 2 is 1.75 bits per heavy atom. The van der Waals surface area contributed by atoms with Crippen molar-refractivity contribution in [2.75, 3.05) is 16.4 Å². The fourth-order valence-corrected chi connectivity index (χ4v) is 3.00. The predicted octanol–water partition coefficient (Wildman–Crippen LogP) is 4.75. The number of urea groups is 1. The van der Waals surface area contributed by atoms with E-state index in [-0.39, 0.29) is 6.03 Å². The molecule has 2 aromatic rings. The fraction of sp³-hybridized carbons (Fsp3) is 0.0714. The summed E-state index contributed by atoms with van der Waals surface area (Å²) in [5.41, 5.74) is 8.76. The molecule has 0 aliphatic heterocycles. The van der Waals surface area contributed by atoms with Crippen LogP contribution < -0.4 is 16.4 Å². The van der Waals surface area contributed by atoms with Gasteiger partial charge in [0.25, 0.3) is 0 Å². The third-order valence-corrected chi connectivity index (χ3v) is 3.72. The van der Waals surface area contributed by atoms with Gasteiger partial charge in [-0.25, -0.2) is 4.79 Å². The molecule has 0 aliphatic rings. The van der Waals surface area contributed by atoms with E-state index in [1.54, 1.807) is 6.07 Å². The van der Waals surface area contributed by atoms with E-state index in [0.29, 0.717) is 15.8 Å². The number of nitrogen functional groups attached to an aromatic ring is 1. The van der Waals surface area contributed by atoms with Crippen LogP contribution in [0.2, 0.25) is 0 Å². The minimum absolute atomic E-state index is 0.344. The average molecular weight is 399 g/mol. The molecular weight excluding hydrogens is 386 g/mol. The summed E-state index contributed by atoms with van der Waals surface area (Å²) in [7, 11) is 0. The zero-order chi connectivity index (χ0) is 14.7. The Kier molecular flexibility index (Phi) is 4.67. The molecule has 0 saturated carbocycles. The zero-order valence-electron chi connectivity index (χ0n) is 10.7. The summed E-state index contributed by atoms with van der Waals surface area (Å²) in [5, 5.41) is 5.47. The molecule has 0 radical (unpaired) electrons. The van der Waals surface area contributed by atoms with E-state index in [1.807, 2.05) is 37.3 Å². The smallest absolute Gasteiger partial charge is 0.323 e. The number of amides is 2. The lowest BCUT2D eigenvalue weighted by Crippen LogP contribution is -2.20. The molecular formula is C14H13Br2N3O. The minimum Gasteiger partial charge on any atom is -0.397 e. The maximum absolute atomic E-state index is 11.9. The summed E-state index contributed by atoms with van der Waals surface area (Å²) in [6.45, 7) is 1.99. The molecule has 0 atom stereocenters. The number of rotatable bonds is 2. The first kappa shape index (κ1) is 14.9. The largest absolute Gasteiger partial charge is 0.397 e. The van der Waals surface area contributed by atoms with E-state index in [1.165, 1.54) is 0 Å². The third-order valence-electron chi connectivity index (χ3n) is 2.63. The minimum atomic E-state index is -0.344. The molecule has 2 aromatic carbocycles. The van der Waals surface area contributed by atoms with Gasteiger partial charge in [0.15, 0.2) is 0 Å². The summed E-state index contributed by atoms with van der Waals surface area (Å²) in [6, 6.07) is 10.7. The van der Waals surface area contributed by atoms with Crippen LogP contribution in [-0.2, 0) is 0 Å². The van der Waals surface area contributed by atoms with Gasteiger partial charge in [0.05, 0.1) is 11.4 Å². The highest BCUT2D eigenvalue weighted by Gasteiger charge is 2.10. The molecule has 20 heavy (non-hydrogen) atoms. The first-order valence-corrected chi connectivity index (χ1v) is 7.43. The normalized spacial score (nSPS) is 10.2. The van der Waals surface area contributed by atoms with E-state index < -0.39 is 0 Å². The predicted molar refractivity (Wildman–Crippen MR) is 90.1 cm³/mol. The molecule has 4 N–H and O–H groups in total. The molecule has 2 rings (SSSR count). The van der Waals surface area contributed by atoms with Crippen LogP contribution in [0, 0.1) is 6.92 Å². The second kappa shape index (κ2) is 6.28. The Balaban J connectivity index is 2.10. The van der Waals surface area contributed by atoms with Crippen molar-refractivity contribution in [3.63, 3.8) is 0 Å². The van der Waals surface area contributed by atoms with E-state index in [2.05, 4.69) is 42.5 Å². The number of halogens is 2. The van der Waals surface area contributed by atoms with E-state index in [9.17, 15) is 4.79 Å². The molecule has 6 heteroatoms. The van der Waals surface area contributed by atoms with Crippen molar-refractivity contribution in [3.8, 4) is 0 Å². The van der Waals surface area contributed by atoms with E-state index in [4.69, 9.17) is 5.73 Å². The standard InChI is InChI=1S/C14H13Br2N3O/c1-8-2-4-10(5-3-8)18-14(20)19-13-11(16)6-9(15)7-12(13)17/h2-7H,17H2,1H3,(H2,18,19,20). The second-order valence-electron chi connectivity index (χ2n) is 4.30. The molecule has 0 saturated heterocycles. The maximum atomic E-state index is 11.9. The molecule has 0 spiro atoms. The van der Waals surface area contributed by atoms with Gasteiger partial charge in [0, 0.05) is 14.6 Å². The molecule has 104 valence electrons. The van der Waals surface area contributed by atoms with Crippen molar-refractivity contribution in [1.29, 1.82) is 0 Å². The number of carbonyl (C=O) groups excluding carboxylic acids is 1. The molecule has 0 heterocycles. The van der Waals surface area contributed by atoms with Gasteiger partial charge in [-0.2, -0.15) is 0 Å². The maximum Gasteiger partial charge on any atom is 0.323 e. The van der Waals surface area contributed by atoms with Crippen molar-refractivity contribution >= 4 is 55.0 Å². The van der Waals surface area contributed by atoms with Crippen LogP contribution in [-0.4, -0.2) is 6.03 Å².